The second-order valence-corrected chi connectivity index (χ2v) is 10.0. The molecule has 1 aromatic heterocycles. The molecule has 0 aliphatic carbocycles. The van der Waals surface area contributed by atoms with Gasteiger partial charge in [0.25, 0.3) is 5.91 Å². The number of amides is 1. The van der Waals surface area contributed by atoms with Crippen molar-refractivity contribution in [2.24, 2.45) is 10.7 Å². The first-order valence-corrected chi connectivity index (χ1v) is 12.7. The van der Waals surface area contributed by atoms with E-state index < -0.39 is 47.3 Å². The summed E-state index contributed by atoms with van der Waals surface area (Å²) >= 11 is 0.846. The van der Waals surface area contributed by atoms with Crippen LogP contribution in [0.5, 0.6) is 0 Å². The molecule has 0 radical (unpaired) electrons. The molecule has 0 spiro atoms. The Labute approximate surface area is 229 Å². The number of nitrogens with one attached hydrogen (secondary N) is 1. The van der Waals surface area contributed by atoms with E-state index in [1.165, 1.54) is 24.3 Å². The van der Waals surface area contributed by atoms with Gasteiger partial charge < -0.3 is 16.2 Å². The molecule has 0 bridgehead atoms. The standard InChI is InChI=1S/C27H25F6N3O3S/c1-15(34)35-12-4-9-20(25(38)39)36-24(37)22-11-10-21(40-22)23(16-5-2-7-18(13-16)26(28,29)30)17-6-3-8-19(14-17)27(31,32)33/h2-3,5-8,10-11,13-14,20,23H,4,9,12H2,1H3,(H2,34,35)(H,36,37)(H,38,39)/t20-/m0/s1. The van der Waals surface area contributed by atoms with Crippen molar-refractivity contribution >= 4 is 29.0 Å². The molecule has 13 heteroatoms. The highest BCUT2D eigenvalue weighted by Crippen LogP contribution is 2.40. The molecular formula is C27H25F6N3O3S. The second kappa shape index (κ2) is 12.5. The van der Waals surface area contributed by atoms with Gasteiger partial charge in [-0.25, -0.2) is 4.79 Å². The lowest BCUT2D eigenvalue weighted by molar-refractivity contribution is -0.139. The normalized spacial score (nSPS) is 13.3. The SMILES string of the molecule is CC(N)=NCCC[C@H](NC(=O)c1ccc(C(c2cccc(C(F)(F)F)c2)c2cccc(C(F)(F)F)c2)s1)C(=O)O. The van der Waals surface area contributed by atoms with Gasteiger partial charge in [-0.15, -0.1) is 11.3 Å². The molecule has 0 fully saturated rings. The maximum atomic E-state index is 13.4. The first-order chi connectivity index (χ1) is 18.7. The third kappa shape index (κ3) is 8.07. The van der Waals surface area contributed by atoms with E-state index in [4.69, 9.17) is 5.73 Å². The number of amidine groups is 1. The molecule has 40 heavy (non-hydrogen) atoms. The van der Waals surface area contributed by atoms with Crippen molar-refractivity contribution in [3.05, 3.63) is 92.7 Å². The Morgan fingerprint density at radius 1 is 0.950 bits per heavy atom. The molecule has 1 atom stereocenters. The van der Waals surface area contributed by atoms with E-state index in [0.717, 1.165) is 47.7 Å². The molecule has 1 amide bonds. The summed E-state index contributed by atoms with van der Waals surface area (Å²) in [5.74, 6) is -2.75. The van der Waals surface area contributed by atoms with Crippen LogP contribution in [0.25, 0.3) is 0 Å². The number of halogens is 6. The van der Waals surface area contributed by atoms with Crippen LogP contribution < -0.4 is 11.1 Å². The maximum absolute atomic E-state index is 13.4. The number of aliphatic carboxylic acids is 1. The quantitative estimate of drug-likeness (QED) is 0.112. The zero-order valence-corrected chi connectivity index (χ0v) is 21.8. The van der Waals surface area contributed by atoms with Crippen molar-refractivity contribution in [1.82, 2.24) is 5.32 Å². The van der Waals surface area contributed by atoms with Gasteiger partial charge in [-0.05, 0) is 55.2 Å². The molecule has 0 saturated heterocycles. The fraction of sp³-hybridized carbons (Fsp3) is 0.296. The fourth-order valence-electron chi connectivity index (χ4n) is 3.98. The van der Waals surface area contributed by atoms with Gasteiger partial charge in [0.15, 0.2) is 0 Å². The lowest BCUT2D eigenvalue weighted by Crippen LogP contribution is -2.40. The van der Waals surface area contributed by atoms with Crippen LogP contribution in [0.2, 0.25) is 0 Å². The van der Waals surface area contributed by atoms with E-state index in [1.54, 1.807) is 6.92 Å². The Balaban J connectivity index is 1.97. The Morgan fingerprint density at radius 3 is 1.98 bits per heavy atom. The highest BCUT2D eigenvalue weighted by Gasteiger charge is 2.34. The summed E-state index contributed by atoms with van der Waals surface area (Å²) in [5.41, 5.74) is 3.64. The lowest BCUT2D eigenvalue weighted by Gasteiger charge is -2.20. The molecule has 2 aromatic carbocycles. The molecule has 3 rings (SSSR count). The van der Waals surface area contributed by atoms with Crippen molar-refractivity contribution in [1.29, 1.82) is 0 Å². The van der Waals surface area contributed by atoms with Crippen LogP contribution in [-0.4, -0.2) is 35.4 Å². The van der Waals surface area contributed by atoms with Crippen molar-refractivity contribution in [2.45, 2.75) is 44.1 Å². The summed E-state index contributed by atoms with van der Waals surface area (Å²) in [6.07, 6.45) is -8.98. The molecule has 0 saturated carbocycles. The smallest absolute Gasteiger partial charge is 0.416 e. The Hall–Kier alpha value is -3.87. The summed E-state index contributed by atoms with van der Waals surface area (Å²) in [6.45, 7) is 1.84. The lowest BCUT2D eigenvalue weighted by atomic mass is 9.88. The van der Waals surface area contributed by atoms with Gasteiger partial charge in [-0.2, -0.15) is 26.3 Å². The number of carboxylic acids is 1. The number of carbonyl (C=O) groups excluding carboxylic acids is 1. The number of alkyl halides is 6. The maximum Gasteiger partial charge on any atom is 0.416 e. The van der Waals surface area contributed by atoms with Crippen LogP contribution in [0.1, 0.15) is 62.5 Å². The van der Waals surface area contributed by atoms with Crippen molar-refractivity contribution < 1.29 is 41.0 Å². The Morgan fingerprint density at radius 2 is 1.50 bits per heavy atom. The van der Waals surface area contributed by atoms with Crippen LogP contribution in [0.15, 0.2) is 65.7 Å². The minimum atomic E-state index is -4.69. The number of carbonyl (C=O) groups is 2. The summed E-state index contributed by atoms with van der Waals surface area (Å²) < 4.78 is 80.7. The van der Waals surface area contributed by atoms with E-state index in [9.17, 15) is 41.0 Å². The number of rotatable bonds is 10. The van der Waals surface area contributed by atoms with Crippen LogP contribution >= 0.6 is 11.3 Å². The summed E-state index contributed by atoms with van der Waals surface area (Å²) in [4.78, 5) is 28.8. The van der Waals surface area contributed by atoms with Gasteiger partial charge in [-0.3, -0.25) is 9.79 Å². The monoisotopic (exact) mass is 585 g/mol. The molecule has 1 heterocycles. The number of nitrogens with zero attached hydrogens (tertiary/aromatic N) is 1. The minimum Gasteiger partial charge on any atom is -0.480 e. The largest absolute Gasteiger partial charge is 0.480 e. The zero-order valence-electron chi connectivity index (χ0n) is 21.0. The van der Waals surface area contributed by atoms with Crippen LogP contribution in [0, 0.1) is 0 Å². The summed E-state index contributed by atoms with van der Waals surface area (Å²) in [5, 5.41) is 11.9. The predicted octanol–water partition coefficient (Wildman–Crippen LogP) is 6.31. The van der Waals surface area contributed by atoms with Crippen LogP contribution in [-0.2, 0) is 17.1 Å². The van der Waals surface area contributed by atoms with Crippen molar-refractivity contribution in [3.63, 3.8) is 0 Å². The van der Waals surface area contributed by atoms with E-state index in [0.29, 0.717) is 17.1 Å². The summed E-state index contributed by atoms with van der Waals surface area (Å²) in [6, 6.07) is 10.0. The van der Waals surface area contributed by atoms with Crippen LogP contribution in [0.4, 0.5) is 26.3 Å². The molecule has 0 aliphatic heterocycles. The van der Waals surface area contributed by atoms with E-state index in [1.807, 2.05) is 0 Å². The third-order valence-corrected chi connectivity index (χ3v) is 6.99. The molecule has 6 nitrogen and oxygen atoms in total. The van der Waals surface area contributed by atoms with E-state index in [-0.39, 0.29) is 29.0 Å². The molecule has 0 unspecified atom stereocenters. The van der Waals surface area contributed by atoms with E-state index >= 15 is 0 Å². The number of aliphatic imine (C=N–C) groups is 1. The van der Waals surface area contributed by atoms with E-state index in [2.05, 4.69) is 10.3 Å². The van der Waals surface area contributed by atoms with Crippen molar-refractivity contribution in [3.8, 4) is 0 Å². The van der Waals surface area contributed by atoms with Gasteiger partial charge >= 0.3 is 18.3 Å². The van der Waals surface area contributed by atoms with Gasteiger partial charge in [0.2, 0.25) is 0 Å². The fourth-order valence-corrected chi connectivity index (χ4v) is 5.05. The topological polar surface area (TPSA) is 105 Å². The number of nitrogens with two attached hydrogens (primary N) is 1. The first-order valence-electron chi connectivity index (χ1n) is 11.9. The molecule has 3 aromatic rings. The number of carboxylic acid groups (broad SMARTS) is 1. The Kier molecular flexibility index (Phi) is 9.61. The highest BCUT2D eigenvalue weighted by atomic mass is 32.1. The number of thiophene rings is 1. The number of benzene rings is 2. The van der Waals surface area contributed by atoms with Crippen molar-refractivity contribution in [2.75, 3.05) is 6.54 Å². The minimum absolute atomic E-state index is 0.0426. The molecule has 214 valence electrons. The molecular weight excluding hydrogens is 560 g/mol. The average Bonchev–Trinajstić information content (AvgIpc) is 3.35. The molecule has 4 N–H and O–H groups in total. The van der Waals surface area contributed by atoms with Gasteiger partial charge in [0, 0.05) is 17.3 Å². The van der Waals surface area contributed by atoms with Crippen LogP contribution in [0.3, 0.4) is 0 Å². The second-order valence-electron chi connectivity index (χ2n) is 8.91. The first kappa shape index (κ1) is 30.7. The molecule has 0 aliphatic rings. The number of hydrogen-bond donors (Lipinski definition) is 3. The van der Waals surface area contributed by atoms with Gasteiger partial charge in [-0.1, -0.05) is 36.4 Å². The average molecular weight is 586 g/mol. The highest BCUT2D eigenvalue weighted by molar-refractivity contribution is 7.14. The predicted molar refractivity (Wildman–Crippen MR) is 138 cm³/mol. The Bertz CT molecular complexity index is 1320. The summed E-state index contributed by atoms with van der Waals surface area (Å²) in [7, 11) is 0. The van der Waals surface area contributed by atoms with Gasteiger partial charge in [0.05, 0.1) is 21.8 Å². The van der Waals surface area contributed by atoms with Gasteiger partial charge in [0.1, 0.15) is 6.04 Å². The zero-order chi connectivity index (χ0) is 29.7. The number of hydrogen-bond acceptors (Lipinski definition) is 4. The third-order valence-electron chi connectivity index (χ3n) is 5.85.